The molecule has 0 radical (unpaired) electrons. The van der Waals surface area contributed by atoms with Crippen molar-refractivity contribution in [1.29, 1.82) is 0 Å². The molecule has 1 aromatic heterocycles. The molecular weight excluding hydrogens is 248 g/mol. The summed E-state index contributed by atoms with van der Waals surface area (Å²) in [5.41, 5.74) is 7.49. The Balaban J connectivity index is 1.80. The van der Waals surface area contributed by atoms with E-state index in [1.54, 1.807) is 0 Å². The van der Waals surface area contributed by atoms with E-state index in [2.05, 4.69) is 21.4 Å². The van der Waals surface area contributed by atoms with E-state index in [1.165, 1.54) is 50.6 Å². The molecule has 0 saturated heterocycles. The molecule has 1 atom stereocenters. The van der Waals surface area contributed by atoms with Gasteiger partial charge in [-0.05, 0) is 32.2 Å². The number of imidazole rings is 1. The Morgan fingerprint density at radius 1 is 1.30 bits per heavy atom. The quantitative estimate of drug-likeness (QED) is 0.869. The van der Waals surface area contributed by atoms with Crippen LogP contribution in [0.2, 0.25) is 0 Å². The molecule has 4 heteroatoms. The van der Waals surface area contributed by atoms with Crippen molar-refractivity contribution in [2.45, 2.75) is 70.0 Å². The Morgan fingerprint density at radius 3 is 2.65 bits per heavy atom. The smallest absolute Gasteiger partial charge is 0.0951 e. The molecule has 2 aliphatic carbocycles. The van der Waals surface area contributed by atoms with Crippen molar-refractivity contribution in [3.8, 4) is 0 Å². The van der Waals surface area contributed by atoms with E-state index in [0.717, 1.165) is 6.54 Å². The van der Waals surface area contributed by atoms with E-state index < -0.39 is 0 Å². The molecule has 0 aliphatic heterocycles. The van der Waals surface area contributed by atoms with Crippen LogP contribution in [0.25, 0.3) is 0 Å². The first-order chi connectivity index (χ1) is 9.85. The van der Waals surface area contributed by atoms with Gasteiger partial charge in [0.05, 0.1) is 18.1 Å². The molecule has 0 bridgehead atoms. The number of aromatic nitrogens is 2. The van der Waals surface area contributed by atoms with Crippen molar-refractivity contribution < 1.29 is 0 Å². The van der Waals surface area contributed by atoms with Crippen molar-refractivity contribution in [2.75, 3.05) is 13.1 Å². The van der Waals surface area contributed by atoms with Crippen LogP contribution >= 0.6 is 0 Å². The Labute approximate surface area is 122 Å². The SMILES string of the molecule is CCN(C1CCCCC1)C(CN)c1cncn1C1CC1. The number of nitrogens with two attached hydrogens (primary N) is 1. The summed E-state index contributed by atoms with van der Waals surface area (Å²) in [5.74, 6) is 0. The van der Waals surface area contributed by atoms with E-state index in [-0.39, 0.29) is 0 Å². The van der Waals surface area contributed by atoms with Gasteiger partial charge in [0.1, 0.15) is 0 Å². The summed E-state index contributed by atoms with van der Waals surface area (Å²) in [5, 5.41) is 0. The standard InChI is InChI=1S/C16H28N4/c1-2-19(13-6-4-3-5-7-13)15(10-17)16-11-18-12-20(16)14-8-9-14/h11-15H,2-10,17H2,1H3. The van der Waals surface area contributed by atoms with Crippen LogP contribution in [-0.4, -0.2) is 33.6 Å². The molecule has 112 valence electrons. The predicted octanol–water partition coefficient (Wildman–Crippen LogP) is 2.87. The Bertz CT molecular complexity index is 418. The summed E-state index contributed by atoms with van der Waals surface area (Å²) in [4.78, 5) is 7.03. The molecular formula is C16H28N4. The van der Waals surface area contributed by atoms with E-state index >= 15 is 0 Å². The number of nitrogens with zero attached hydrogens (tertiary/aromatic N) is 3. The lowest BCUT2D eigenvalue weighted by atomic mass is 9.92. The molecule has 2 aliphatic rings. The van der Waals surface area contributed by atoms with Crippen LogP contribution in [0.4, 0.5) is 0 Å². The third-order valence-corrected chi connectivity index (χ3v) is 5.01. The van der Waals surface area contributed by atoms with Crippen molar-refractivity contribution in [3.63, 3.8) is 0 Å². The first-order valence-electron chi connectivity index (χ1n) is 8.32. The number of rotatable bonds is 6. The van der Waals surface area contributed by atoms with Gasteiger partial charge in [0, 0.05) is 24.8 Å². The highest BCUT2D eigenvalue weighted by atomic mass is 15.2. The van der Waals surface area contributed by atoms with Crippen LogP contribution in [-0.2, 0) is 0 Å². The molecule has 3 rings (SSSR count). The maximum atomic E-state index is 6.15. The maximum absolute atomic E-state index is 6.15. The molecule has 2 N–H and O–H groups in total. The summed E-state index contributed by atoms with van der Waals surface area (Å²) < 4.78 is 2.38. The van der Waals surface area contributed by atoms with Gasteiger partial charge in [-0.3, -0.25) is 4.90 Å². The second-order valence-electron chi connectivity index (χ2n) is 6.33. The van der Waals surface area contributed by atoms with Crippen LogP contribution in [0.1, 0.15) is 69.6 Å². The summed E-state index contributed by atoms with van der Waals surface area (Å²) >= 11 is 0. The summed E-state index contributed by atoms with van der Waals surface area (Å²) in [6, 6.07) is 1.74. The van der Waals surface area contributed by atoms with Gasteiger partial charge < -0.3 is 10.3 Å². The van der Waals surface area contributed by atoms with Crippen molar-refractivity contribution >= 4 is 0 Å². The van der Waals surface area contributed by atoms with Crippen LogP contribution in [0.3, 0.4) is 0 Å². The van der Waals surface area contributed by atoms with Gasteiger partial charge in [-0.1, -0.05) is 26.2 Å². The fourth-order valence-corrected chi connectivity index (χ4v) is 3.80. The van der Waals surface area contributed by atoms with Crippen LogP contribution < -0.4 is 5.73 Å². The minimum absolute atomic E-state index is 0.339. The van der Waals surface area contributed by atoms with Crippen molar-refractivity contribution in [2.24, 2.45) is 5.73 Å². The molecule has 1 heterocycles. The second kappa shape index (κ2) is 6.27. The fraction of sp³-hybridized carbons (Fsp3) is 0.812. The van der Waals surface area contributed by atoms with Crippen LogP contribution in [0, 0.1) is 0 Å². The van der Waals surface area contributed by atoms with Gasteiger partial charge in [0.15, 0.2) is 0 Å². The third-order valence-electron chi connectivity index (χ3n) is 5.01. The summed E-state index contributed by atoms with van der Waals surface area (Å²) in [6.07, 6.45) is 13.5. The molecule has 4 nitrogen and oxygen atoms in total. The molecule has 1 aromatic rings. The van der Waals surface area contributed by atoms with Gasteiger partial charge in [-0.25, -0.2) is 4.98 Å². The van der Waals surface area contributed by atoms with Gasteiger partial charge in [0.25, 0.3) is 0 Å². The predicted molar refractivity (Wildman–Crippen MR) is 81.5 cm³/mol. The fourth-order valence-electron chi connectivity index (χ4n) is 3.80. The van der Waals surface area contributed by atoms with Crippen LogP contribution in [0.15, 0.2) is 12.5 Å². The lowest BCUT2D eigenvalue weighted by Crippen LogP contribution is -2.43. The monoisotopic (exact) mass is 276 g/mol. The molecule has 2 fully saturated rings. The van der Waals surface area contributed by atoms with Crippen molar-refractivity contribution in [3.05, 3.63) is 18.2 Å². The maximum Gasteiger partial charge on any atom is 0.0951 e. The summed E-state index contributed by atoms with van der Waals surface area (Å²) in [6.45, 7) is 4.06. The van der Waals surface area contributed by atoms with E-state index in [9.17, 15) is 0 Å². The largest absolute Gasteiger partial charge is 0.330 e. The number of likely N-dealkylation sites (N-methyl/N-ethyl adjacent to an activating group) is 1. The Hall–Kier alpha value is -0.870. The lowest BCUT2D eigenvalue weighted by molar-refractivity contribution is 0.109. The van der Waals surface area contributed by atoms with E-state index in [1.807, 2.05) is 12.5 Å². The van der Waals surface area contributed by atoms with Crippen LogP contribution in [0.5, 0.6) is 0 Å². The average molecular weight is 276 g/mol. The molecule has 1 unspecified atom stereocenters. The Morgan fingerprint density at radius 2 is 2.05 bits per heavy atom. The number of hydrogen-bond donors (Lipinski definition) is 1. The highest BCUT2D eigenvalue weighted by Gasteiger charge is 2.32. The van der Waals surface area contributed by atoms with Gasteiger partial charge in [-0.15, -0.1) is 0 Å². The Kier molecular flexibility index (Phi) is 4.41. The highest BCUT2D eigenvalue weighted by molar-refractivity contribution is 5.10. The minimum atomic E-state index is 0.339. The minimum Gasteiger partial charge on any atom is -0.330 e. The zero-order valence-electron chi connectivity index (χ0n) is 12.7. The first-order valence-corrected chi connectivity index (χ1v) is 8.32. The van der Waals surface area contributed by atoms with E-state index in [4.69, 9.17) is 5.73 Å². The average Bonchev–Trinajstić information content (AvgIpc) is 3.23. The molecule has 20 heavy (non-hydrogen) atoms. The van der Waals surface area contributed by atoms with Gasteiger partial charge in [0.2, 0.25) is 0 Å². The van der Waals surface area contributed by atoms with E-state index in [0.29, 0.717) is 24.7 Å². The summed E-state index contributed by atoms with van der Waals surface area (Å²) in [7, 11) is 0. The van der Waals surface area contributed by atoms with Gasteiger partial charge in [-0.2, -0.15) is 0 Å². The highest BCUT2D eigenvalue weighted by Crippen LogP contribution is 2.38. The topological polar surface area (TPSA) is 47.1 Å². The number of hydrogen-bond acceptors (Lipinski definition) is 3. The molecule has 0 aromatic carbocycles. The van der Waals surface area contributed by atoms with Crippen molar-refractivity contribution in [1.82, 2.24) is 14.5 Å². The van der Waals surface area contributed by atoms with Gasteiger partial charge >= 0.3 is 0 Å². The molecule has 0 amide bonds. The second-order valence-corrected chi connectivity index (χ2v) is 6.33. The first kappa shape index (κ1) is 14.1. The zero-order chi connectivity index (χ0) is 13.9. The molecule has 2 saturated carbocycles. The lowest BCUT2D eigenvalue weighted by Gasteiger charge is -2.39. The normalized spacial score (nSPS) is 22.4. The molecule has 0 spiro atoms. The zero-order valence-corrected chi connectivity index (χ0v) is 12.7. The third kappa shape index (κ3) is 2.77.